The van der Waals surface area contributed by atoms with Crippen molar-refractivity contribution < 1.29 is 18.3 Å². The number of pyridine rings is 1. The number of nitrogens with zero attached hydrogens (tertiary/aromatic N) is 2. The molecule has 0 aliphatic carbocycles. The molecule has 0 unspecified atom stereocenters. The molecule has 0 aliphatic heterocycles. The van der Waals surface area contributed by atoms with Crippen LogP contribution < -0.4 is 5.56 Å². The maximum Gasteiger partial charge on any atom is 0.323 e. The molecule has 0 amide bonds. The van der Waals surface area contributed by atoms with Gasteiger partial charge in [-0.2, -0.15) is 0 Å². The van der Waals surface area contributed by atoms with Crippen molar-refractivity contribution in [2.24, 2.45) is 0 Å². The van der Waals surface area contributed by atoms with E-state index >= 15 is 0 Å². The molecule has 0 saturated carbocycles. The highest BCUT2D eigenvalue weighted by Gasteiger charge is 2.23. The Hall–Kier alpha value is -2.19. The number of carboxylic acid groups (broad SMARTS) is 1. The number of hydrogen-bond acceptors (Lipinski definition) is 4. The Bertz CT molecular complexity index is 868. The number of aliphatic carboxylic acids is 1. The summed E-state index contributed by atoms with van der Waals surface area (Å²) in [5, 5.41) is 9.29. The molecule has 1 aromatic carbocycles. The van der Waals surface area contributed by atoms with E-state index in [1.165, 1.54) is 26.2 Å². The largest absolute Gasteiger partial charge is 0.480 e. The third kappa shape index (κ3) is 2.67. The monoisotopic (exact) mass is 310 g/mol. The number of hydrogen-bond donors (Lipinski definition) is 1. The maximum absolute atomic E-state index is 12.4. The van der Waals surface area contributed by atoms with Gasteiger partial charge in [-0.3, -0.25) is 9.59 Å². The van der Waals surface area contributed by atoms with Crippen molar-refractivity contribution in [3.63, 3.8) is 0 Å². The van der Waals surface area contributed by atoms with Gasteiger partial charge in [0.25, 0.3) is 5.56 Å². The Morgan fingerprint density at radius 2 is 1.81 bits per heavy atom. The number of fused-ring (bicyclic) bond motifs is 1. The first-order valence-corrected chi connectivity index (χ1v) is 7.45. The van der Waals surface area contributed by atoms with Gasteiger partial charge >= 0.3 is 5.97 Å². The van der Waals surface area contributed by atoms with Gasteiger partial charge in [-0.1, -0.05) is 18.2 Å². The fourth-order valence-corrected chi connectivity index (χ4v) is 3.08. The van der Waals surface area contributed by atoms with E-state index in [2.05, 4.69) is 0 Å². The zero-order valence-corrected chi connectivity index (χ0v) is 12.3. The zero-order valence-electron chi connectivity index (χ0n) is 11.5. The van der Waals surface area contributed by atoms with Gasteiger partial charge in [-0.15, -0.1) is 0 Å². The fraction of sp³-hybridized carbons (Fsp3) is 0.231. The molecule has 0 aliphatic rings. The predicted molar refractivity (Wildman–Crippen MR) is 76.7 cm³/mol. The summed E-state index contributed by atoms with van der Waals surface area (Å²) >= 11 is 0. The molecule has 0 atom stereocenters. The summed E-state index contributed by atoms with van der Waals surface area (Å²) in [7, 11) is -1.05. The Kier molecular flexibility index (Phi) is 3.84. The summed E-state index contributed by atoms with van der Waals surface area (Å²) < 4.78 is 26.6. The number of rotatable bonds is 4. The molecule has 2 rings (SSSR count). The predicted octanol–water partition coefficient (Wildman–Crippen LogP) is 0.336. The first-order chi connectivity index (χ1) is 9.75. The quantitative estimate of drug-likeness (QED) is 0.878. The van der Waals surface area contributed by atoms with Gasteiger partial charge in [-0.05, 0) is 6.07 Å². The van der Waals surface area contributed by atoms with Crippen molar-refractivity contribution in [3.05, 3.63) is 40.8 Å². The smallest absolute Gasteiger partial charge is 0.323 e. The second-order valence-electron chi connectivity index (χ2n) is 4.65. The van der Waals surface area contributed by atoms with Crippen LogP contribution in [-0.4, -0.2) is 42.5 Å². The van der Waals surface area contributed by atoms with Crippen molar-refractivity contribution in [3.8, 4) is 0 Å². The topological polar surface area (TPSA) is 96.7 Å². The van der Waals surface area contributed by atoms with Gasteiger partial charge in [0.15, 0.2) is 0 Å². The van der Waals surface area contributed by atoms with Crippen LogP contribution in [-0.2, 0) is 21.4 Å². The van der Waals surface area contributed by atoms with Gasteiger partial charge in [0.2, 0.25) is 10.0 Å². The van der Waals surface area contributed by atoms with E-state index in [4.69, 9.17) is 5.11 Å². The maximum atomic E-state index is 12.4. The van der Waals surface area contributed by atoms with Crippen molar-refractivity contribution in [1.29, 1.82) is 0 Å². The van der Waals surface area contributed by atoms with Gasteiger partial charge in [0.05, 0.1) is 0 Å². The van der Waals surface area contributed by atoms with Crippen LogP contribution in [0.15, 0.2) is 40.2 Å². The summed E-state index contributed by atoms with van der Waals surface area (Å²) in [6.45, 7) is -0.598. The molecule has 1 heterocycles. The molecular weight excluding hydrogens is 296 g/mol. The minimum absolute atomic E-state index is 0.0936. The lowest BCUT2D eigenvalue weighted by molar-refractivity contribution is -0.137. The number of carboxylic acids is 1. The summed E-state index contributed by atoms with van der Waals surface area (Å²) in [5.41, 5.74) is -0.536. The lowest BCUT2D eigenvalue weighted by Gasteiger charge is -2.15. The first-order valence-electron chi connectivity index (χ1n) is 6.01. The van der Waals surface area contributed by atoms with Gasteiger partial charge < -0.3 is 9.67 Å². The normalized spacial score (nSPS) is 12.0. The fourth-order valence-electron chi connectivity index (χ4n) is 1.97. The number of benzene rings is 1. The first kappa shape index (κ1) is 15.2. The zero-order chi connectivity index (χ0) is 15.8. The summed E-state index contributed by atoms with van der Waals surface area (Å²) in [4.78, 5) is 22.9. The number of aromatic nitrogens is 1. The highest BCUT2D eigenvalue weighted by molar-refractivity contribution is 7.89. The van der Waals surface area contributed by atoms with Crippen LogP contribution in [0.4, 0.5) is 0 Å². The summed E-state index contributed by atoms with van der Waals surface area (Å²) in [6, 6.07) is 6.22. The standard InChI is InChI=1S/C13H14N2O5S/c1-14(2)21(19,20)11-7-15(8-12(16)17)13(18)10-6-4-3-5-9(10)11/h3-7H,8H2,1-2H3,(H,16,17). The van der Waals surface area contributed by atoms with E-state index in [-0.39, 0.29) is 15.7 Å². The molecule has 0 fully saturated rings. The molecule has 8 heteroatoms. The Morgan fingerprint density at radius 1 is 1.24 bits per heavy atom. The molecular formula is C13H14N2O5S. The van der Waals surface area contributed by atoms with E-state index in [0.29, 0.717) is 0 Å². The van der Waals surface area contributed by atoms with Gasteiger partial charge in [-0.25, -0.2) is 12.7 Å². The minimum Gasteiger partial charge on any atom is -0.480 e. The van der Waals surface area contributed by atoms with Crippen LogP contribution in [0.2, 0.25) is 0 Å². The van der Waals surface area contributed by atoms with Gasteiger partial charge in [0, 0.05) is 31.1 Å². The van der Waals surface area contributed by atoms with Crippen molar-refractivity contribution in [2.75, 3.05) is 14.1 Å². The molecule has 0 spiro atoms. The highest BCUT2D eigenvalue weighted by Crippen LogP contribution is 2.22. The number of sulfonamides is 1. The molecule has 0 saturated heterocycles. The molecule has 0 radical (unpaired) electrons. The summed E-state index contributed by atoms with van der Waals surface area (Å²) in [6.07, 6.45) is 1.08. The second kappa shape index (κ2) is 5.30. The van der Waals surface area contributed by atoms with Crippen LogP contribution in [0.25, 0.3) is 10.8 Å². The van der Waals surface area contributed by atoms with E-state index in [1.807, 2.05) is 0 Å². The highest BCUT2D eigenvalue weighted by atomic mass is 32.2. The van der Waals surface area contributed by atoms with Crippen LogP contribution in [0.5, 0.6) is 0 Å². The van der Waals surface area contributed by atoms with Crippen LogP contribution >= 0.6 is 0 Å². The Labute approximate surface area is 121 Å². The van der Waals surface area contributed by atoms with Crippen molar-refractivity contribution >= 4 is 26.8 Å². The SMILES string of the molecule is CN(C)S(=O)(=O)c1cn(CC(=O)O)c(=O)c2ccccc12. The van der Waals surface area contributed by atoms with E-state index in [0.717, 1.165) is 15.1 Å². The molecule has 1 aromatic heterocycles. The lowest BCUT2D eigenvalue weighted by atomic mass is 10.2. The second-order valence-corrected chi connectivity index (χ2v) is 6.77. The molecule has 21 heavy (non-hydrogen) atoms. The van der Waals surface area contributed by atoms with Crippen LogP contribution in [0, 0.1) is 0 Å². The average molecular weight is 310 g/mol. The molecule has 112 valence electrons. The average Bonchev–Trinajstić information content (AvgIpc) is 2.41. The van der Waals surface area contributed by atoms with E-state index in [9.17, 15) is 18.0 Å². The third-order valence-corrected chi connectivity index (χ3v) is 4.86. The molecule has 2 aromatic rings. The van der Waals surface area contributed by atoms with E-state index in [1.54, 1.807) is 12.1 Å². The number of carbonyl (C=O) groups is 1. The Morgan fingerprint density at radius 3 is 2.33 bits per heavy atom. The molecule has 7 nitrogen and oxygen atoms in total. The van der Waals surface area contributed by atoms with Crippen LogP contribution in [0.3, 0.4) is 0 Å². The Balaban J connectivity index is 2.91. The third-order valence-electron chi connectivity index (χ3n) is 3.02. The van der Waals surface area contributed by atoms with Crippen molar-refractivity contribution in [1.82, 2.24) is 8.87 Å². The van der Waals surface area contributed by atoms with Crippen molar-refractivity contribution in [2.45, 2.75) is 11.4 Å². The minimum atomic E-state index is -3.80. The lowest BCUT2D eigenvalue weighted by Crippen LogP contribution is -2.28. The van der Waals surface area contributed by atoms with Gasteiger partial charge in [0.1, 0.15) is 11.4 Å². The van der Waals surface area contributed by atoms with Crippen LogP contribution in [0.1, 0.15) is 0 Å². The van der Waals surface area contributed by atoms with E-state index < -0.39 is 28.1 Å². The molecule has 1 N–H and O–H groups in total. The summed E-state index contributed by atoms with van der Waals surface area (Å²) in [5.74, 6) is -1.22. The molecule has 0 bridgehead atoms.